The van der Waals surface area contributed by atoms with Crippen LogP contribution in [0.15, 0.2) is 36.4 Å². The Labute approximate surface area is 149 Å². The summed E-state index contributed by atoms with van der Waals surface area (Å²) in [7, 11) is 1.18. The predicted molar refractivity (Wildman–Crippen MR) is 84.0 cm³/mol. The normalized spacial score (nSPS) is 11.4. The molecule has 0 atom stereocenters. The quantitative estimate of drug-likeness (QED) is 0.706. The average Bonchev–Trinajstić information content (AvgIpc) is 2.55. The average molecular weight is 396 g/mol. The van der Waals surface area contributed by atoms with Crippen molar-refractivity contribution in [2.45, 2.75) is 12.8 Å². The molecule has 4 nitrogen and oxygen atoms in total. The Morgan fingerprint density at radius 3 is 2.38 bits per heavy atom. The van der Waals surface area contributed by atoms with Crippen LogP contribution in [0.1, 0.15) is 15.9 Å². The minimum absolute atomic E-state index is 0.0584. The monoisotopic (exact) mass is 395 g/mol. The fraction of sp³-hybridized carbons (Fsp3) is 0.188. The zero-order valence-electron chi connectivity index (χ0n) is 13.0. The number of amides is 1. The maximum atomic E-state index is 12.8. The molecule has 0 heterocycles. The summed E-state index contributed by atoms with van der Waals surface area (Å²) in [6, 6.07) is 5.79. The highest BCUT2D eigenvalue weighted by Gasteiger charge is 2.31. The van der Waals surface area contributed by atoms with E-state index in [0.29, 0.717) is 6.07 Å². The highest BCUT2D eigenvalue weighted by molar-refractivity contribution is 6.34. The van der Waals surface area contributed by atoms with Crippen molar-refractivity contribution in [1.82, 2.24) is 0 Å². The van der Waals surface area contributed by atoms with E-state index in [4.69, 9.17) is 16.3 Å². The fourth-order valence-corrected chi connectivity index (χ4v) is 2.16. The van der Waals surface area contributed by atoms with Gasteiger partial charge >= 0.3 is 12.8 Å². The second-order valence-corrected chi connectivity index (χ2v) is 5.30. The number of anilines is 1. The number of halogens is 6. The maximum Gasteiger partial charge on any atom is 0.416 e. The topological polar surface area (TPSA) is 47.6 Å². The van der Waals surface area contributed by atoms with Crippen LogP contribution in [0.2, 0.25) is 5.02 Å². The molecular weight excluding hydrogens is 385 g/mol. The summed E-state index contributed by atoms with van der Waals surface area (Å²) in [5, 5.41) is 2.13. The predicted octanol–water partition coefficient (Wildman–Crippen LogP) is 5.22. The molecule has 0 aliphatic heterocycles. The van der Waals surface area contributed by atoms with E-state index in [-0.39, 0.29) is 27.8 Å². The van der Waals surface area contributed by atoms with E-state index in [9.17, 15) is 26.7 Å². The van der Waals surface area contributed by atoms with Crippen molar-refractivity contribution < 1.29 is 36.2 Å². The van der Waals surface area contributed by atoms with Crippen LogP contribution in [0.3, 0.4) is 0 Å². The Kier molecular flexibility index (Phi) is 5.91. The second-order valence-electron chi connectivity index (χ2n) is 4.89. The van der Waals surface area contributed by atoms with Gasteiger partial charge in [-0.2, -0.15) is 22.0 Å². The molecule has 0 fully saturated rings. The van der Waals surface area contributed by atoms with Crippen LogP contribution in [0.4, 0.5) is 27.6 Å². The van der Waals surface area contributed by atoms with Gasteiger partial charge in [0.1, 0.15) is 0 Å². The Bertz CT molecular complexity index is 811. The summed E-state index contributed by atoms with van der Waals surface area (Å²) in [6.45, 7) is -3.09. The Morgan fingerprint density at radius 2 is 1.81 bits per heavy atom. The van der Waals surface area contributed by atoms with Gasteiger partial charge in [-0.05, 0) is 36.4 Å². The van der Waals surface area contributed by atoms with Crippen molar-refractivity contribution in [3.05, 3.63) is 52.5 Å². The van der Waals surface area contributed by atoms with Crippen LogP contribution in [0.5, 0.6) is 11.5 Å². The molecule has 1 N–H and O–H groups in total. The van der Waals surface area contributed by atoms with Gasteiger partial charge in [0.2, 0.25) is 0 Å². The summed E-state index contributed by atoms with van der Waals surface area (Å²) < 4.78 is 72.0. The zero-order valence-corrected chi connectivity index (χ0v) is 13.8. The Hall–Kier alpha value is -2.55. The molecule has 0 saturated carbocycles. The molecule has 0 aliphatic rings. The van der Waals surface area contributed by atoms with E-state index in [1.54, 1.807) is 0 Å². The maximum absolute atomic E-state index is 12.8. The highest BCUT2D eigenvalue weighted by atomic mass is 35.5. The van der Waals surface area contributed by atoms with Crippen LogP contribution in [-0.4, -0.2) is 19.6 Å². The summed E-state index contributed by atoms with van der Waals surface area (Å²) in [5.41, 5.74) is -1.30. The first-order chi connectivity index (χ1) is 12.1. The number of methoxy groups -OCH3 is 1. The van der Waals surface area contributed by atoms with E-state index in [2.05, 4.69) is 10.1 Å². The summed E-state index contributed by atoms with van der Waals surface area (Å²) in [4.78, 5) is 12.2. The number of alkyl halides is 5. The number of hydrogen-bond donors (Lipinski definition) is 1. The zero-order chi connectivity index (χ0) is 19.5. The van der Waals surface area contributed by atoms with Crippen LogP contribution in [0.25, 0.3) is 0 Å². The van der Waals surface area contributed by atoms with Crippen molar-refractivity contribution >= 4 is 23.2 Å². The third kappa shape index (κ3) is 4.75. The fourth-order valence-electron chi connectivity index (χ4n) is 1.99. The molecule has 0 unspecified atom stereocenters. The molecule has 2 rings (SSSR count). The molecule has 0 aliphatic carbocycles. The van der Waals surface area contributed by atoms with Crippen molar-refractivity contribution in [3.63, 3.8) is 0 Å². The van der Waals surface area contributed by atoms with E-state index >= 15 is 0 Å². The lowest BCUT2D eigenvalue weighted by atomic mass is 10.1. The first-order valence-electron chi connectivity index (χ1n) is 6.92. The van der Waals surface area contributed by atoms with E-state index in [0.717, 1.165) is 30.3 Å². The van der Waals surface area contributed by atoms with E-state index in [1.807, 2.05) is 0 Å². The lowest BCUT2D eigenvalue weighted by Gasteiger charge is -2.13. The Balaban J connectivity index is 2.28. The molecule has 0 spiro atoms. The summed E-state index contributed by atoms with van der Waals surface area (Å²) in [6.07, 6.45) is -4.61. The molecule has 10 heteroatoms. The van der Waals surface area contributed by atoms with Crippen LogP contribution in [-0.2, 0) is 6.18 Å². The van der Waals surface area contributed by atoms with Gasteiger partial charge in [0.05, 0.1) is 23.4 Å². The van der Waals surface area contributed by atoms with Gasteiger partial charge in [0.25, 0.3) is 5.91 Å². The summed E-state index contributed by atoms with van der Waals surface area (Å²) >= 11 is 5.81. The molecule has 140 valence electrons. The molecule has 2 aromatic carbocycles. The van der Waals surface area contributed by atoms with Crippen molar-refractivity contribution in [2.75, 3.05) is 12.4 Å². The molecular formula is C16H11ClF5NO3. The second kappa shape index (κ2) is 7.77. The minimum atomic E-state index is -4.61. The van der Waals surface area contributed by atoms with Gasteiger partial charge < -0.3 is 14.8 Å². The first kappa shape index (κ1) is 19.8. The minimum Gasteiger partial charge on any atom is -0.493 e. The largest absolute Gasteiger partial charge is 0.493 e. The molecule has 2 aromatic rings. The van der Waals surface area contributed by atoms with Gasteiger partial charge in [-0.15, -0.1) is 0 Å². The number of benzene rings is 2. The molecule has 1 amide bonds. The van der Waals surface area contributed by atoms with Crippen LogP contribution >= 0.6 is 11.6 Å². The number of hydrogen-bond acceptors (Lipinski definition) is 3. The first-order valence-corrected chi connectivity index (χ1v) is 7.30. The lowest BCUT2D eigenvalue weighted by Crippen LogP contribution is -2.14. The number of carbonyl (C=O) groups is 1. The molecule has 0 saturated heterocycles. The van der Waals surface area contributed by atoms with Crippen LogP contribution in [0, 0.1) is 0 Å². The highest BCUT2D eigenvalue weighted by Crippen LogP contribution is 2.34. The number of ether oxygens (including phenoxy) is 2. The number of rotatable bonds is 5. The van der Waals surface area contributed by atoms with Crippen molar-refractivity contribution in [3.8, 4) is 11.5 Å². The van der Waals surface area contributed by atoms with Gasteiger partial charge in [-0.3, -0.25) is 4.79 Å². The number of carbonyl (C=O) groups excluding carboxylic acids is 1. The third-order valence-electron chi connectivity index (χ3n) is 3.18. The van der Waals surface area contributed by atoms with Crippen molar-refractivity contribution in [1.29, 1.82) is 0 Å². The number of nitrogens with one attached hydrogen (secondary N) is 1. The van der Waals surface area contributed by atoms with E-state index in [1.165, 1.54) is 7.11 Å². The smallest absolute Gasteiger partial charge is 0.416 e. The molecule has 26 heavy (non-hydrogen) atoms. The Morgan fingerprint density at radius 1 is 1.12 bits per heavy atom. The third-order valence-corrected chi connectivity index (χ3v) is 3.51. The summed E-state index contributed by atoms with van der Waals surface area (Å²) in [5.74, 6) is -1.25. The standard InChI is InChI=1S/C16H11ClF5NO3/c1-25-13-6-8(2-5-12(13)26-15(18)19)14(24)23-11-7-9(16(20,21)22)3-4-10(11)17/h2-7,15H,1H3,(H,23,24). The van der Waals surface area contributed by atoms with E-state index < -0.39 is 24.3 Å². The van der Waals surface area contributed by atoms with Crippen molar-refractivity contribution in [2.24, 2.45) is 0 Å². The van der Waals surface area contributed by atoms with Gasteiger partial charge in [0.15, 0.2) is 11.5 Å². The van der Waals surface area contributed by atoms with Crippen LogP contribution < -0.4 is 14.8 Å². The molecule has 0 bridgehead atoms. The lowest BCUT2D eigenvalue weighted by molar-refractivity contribution is -0.137. The SMILES string of the molecule is COc1cc(C(=O)Nc2cc(C(F)(F)F)ccc2Cl)ccc1OC(F)F. The molecule has 0 aromatic heterocycles. The van der Waals surface area contributed by atoms with Gasteiger partial charge in [-0.1, -0.05) is 11.6 Å². The molecule has 0 radical (unpaired) electrons. The van der Waals surface area contributed by atoms with Gasteiger partial charge in [-0.25, -0.2) is 0 Å². The van der Waals surface area contributed by atoms with Gasteiger partial charge in [0, 0.05) is 5.56 Å².